The molecule has 0 spiro atoms. The molecule has 0 aliphatic heterocycles. The Morgan fingerprint density at radius 2 is 2.13 bits per heavy atom. The lowest BCUT2D eigenvalue weighted by atomic mass is 10.1. The highest BCUT2D eigenvalue weighted by atomic mass is 19.1. The molecule has 1 amide bonds. The number of benzene rings is 1. The number of aromatic nitrogens is 1. The molecular formula is C17H21FN2O3. The first kappa shape index (κ1) is 17.1. The molecule has 0 bridgehead atoms. The molecule has 2 aromatic rings. The normalized spacial score (nSPS) is 10.9. The van der Waals surface area contributed by atoms with Gasteiger partial charge in [-0.25, -0.2) is 4.39 Å². The number of amides is 1. The van der Waals surface area contributed by atoms with Gasteiger partial charge in [0.15, 0.2) is 0 Å². The highest BCUT2D eigenvalue weighted by Crippen LogP contribution is 2.13. The number of pyridine rings is 1. The van der Waals surface area contributed by atoms with Crippen molar-refractivity contribution in [2.75, 3.05) is 20.3 Å². The van der Waals surface area contributed by atoms with Gasteiger partial charge in [0.05, 0.1) is 5.52 Å². The molecule has 124 valence electrons. The number of aromatic amines is 1. The quantitative estimate of drug-likeness (QED) is 0.732. The highest BCUT2D eigenvalue weighted by molar-refractivity contribution is 5.79. The Kier molecular flexibility index (Phi) is 6.29. The summed E-state index contributed by atoms with van der Waals surface area (Å²) in [6.45, 7) is 1.29. The van der Waals surface area contributed by atoms with Crippen molar-refractivity contribution in [1.82, 2.24) is 10.3 Å². The standard InChI is InChI=1S/C17H21FN2O3/c1-23-9-3-2-8-19-16(21)7-5-13-10-12-4-6-14(18)11-15(12)20-17(13)22/h4,6,10-11H,2-3,5,7-9H2,1H3,(H,19,21)(H,20,22). The molecule has 1 aromatic carbocycles. The van der Waals surface area contributed by atoms with E-state index in [0.717, 1.165) is 18.2 Å². The van der Waals surface area contributed by atoms with Crippen LogP contribution in [0.15, 0.2) is 29.1 Å². The Labute approximate surface area is 133 Å². The van der Waals surface area contributed by atoms with Gasteiger partial charge in [0.2, 0.25) is 5.91 Å². The highest BCUT2D eigenvalue weighted by Gasteiger charge is 2.07. The summed E-state index contributed by atoms with van der Waals surface area (Å²) in [5, 5.41) is 3.57. The van der Waals surface area contributed by atoms with Gasteiger partial charge in [-0.15, -0.1) is 0 Å². The van der Waals surface area contributed by atoms with Crippen LogP contribution in [0.1, 0.15) is 24.8 Å². The maximum Gasteiger partial charge on any atom is 0.251 e. The lowest BCUT2D eigenvalue weighted by molar-refractivity contribution is -0.121. The minimum Gasteiger partial charge on any atom is -0.385 e. The van der Waals surface area contributed by atoms with Gasteiger partial charge in [0.1, 0.15) is 5.82 Å². The molecular weight excluding hydrogens is 299 g/mol. The molecule has 0 aliphatic rings. The fourth-order valence-electron chi connectivity index (χ4n) is 2.34. The number of ether oxygens (including phenoxy) is 1. The predicted octanol–water partition coefficient (Wildman–Crippen LogP) is 2.14. The van der Waals surface area contributed by atoms with Crippen molar-refractivity contribution in [2.24, 2.45) is 0 Å². The summed E-state index contributed by atoms with van der Waals surface area (Å²) in [7, 11) is 1.65. The van der Waals surface area contributed by atoms with Crippen molar-refractivity contribution in [3.05, 3.63) is 46.0 Å². The number of aryl methyl sites for hydroxylation is 1. The Morgan fingerprint density at radius 3 is 2.91 bits per heavy atom. The molecule has 23 heavy (non-hydrogen) atoms. The maximum atomic E-state index is 13.1. The van der Waals surface area contributed by atoms with Crippen LogP contribution in [-0.4, -0.2) is 31.2 Å². The zero-order valence-corrected chi connectivity index (χ0v) is 13.2. The predicted molar refractivity (Wildman–Crippen MR) is 87.0 cm³/mol. The van der Waals surface area contributed by atoms with Crippen LogP contribution in [0.3, 0.4) is 0 Å². The van der Waals surface area contributed by atoms with E-state index in [4.69, 9.17) is 4.74 Å². The SMILES string of the molecule is COCCCCNC(=O)CCc1cc2ccc(F)cc2[nH]c1=O. The molecule has 0 saturated heterocycles. The third-order valence-electron chi connectivity index (χ3n) is 3.60. The van der Waals surface area contributed by atoms with E-state index >= 15 is 0 Å². The van der Waals surface area contributed by atoms with E-state index in [1.165, 1.54) is 12.1 Å². The lowest BCUT2D eigenvalue weighted by Gasteiger charge is -2.06. The average molecular weight is 320 g/mol. The Balaban J connectivity index is 1.89. The first-order chi connectivity index (χ1) is 11.1. The number of hydrogen-bond donors (Lipinski definition) is 2. The second kappa shape index (κ2) is 8.43. The van der Waals surface area contributed by atoms with E-state index in [1.807, 2.05) is 0 Å². The van der Waals surface area contributed by atoms with Crippen molar-refractivity contribution in [2.45, 2.75) is 25.7 Å². The van der Waals surface area contributed by atoms with Crippen molar-refractivity contribution in [3.8, 4) is 0 Å². The zero-order valence-electron chi connectivity index (χ0n) is 13.2. The molecule has 0 fully saturated rings. The summed E-state index contributed by atoms with van der Waals surface area (Å²) in [6.07, 6.45) is 2.37. The van der Waals surface area contributed by atoms with Gasteiger partial charge in [-0.3, -0.25) is 9.59 Å². The van der Waals surface area contributed by atoms with Crippen molar-refractivity contribution < 1.29 is 13.9 Å². The van der Waals surface area contributed by atoms with Gasteiger partial charge in [0.25, 0.3) is 5.56 Å². The number of nitrogens with one attached hydrogen (secondary N) is 2. The monoisotopic (exact) mass is 320 g/mol. The van der Waals surface area contributed by atoms with E-state index in [9.17, 15) is 14.0 Å². The van der Waals surface area contributed by atoms with Crippen LogP contribution >= 0.6 is 0 Å². The molecule has 0 saturated carbocycles. The third-order valence-corrected chi connectivity index (χ3v) is 3.60. The smallest absolute Gasteiger partial charge is 0.251 e. The lowest BCUT2D eigenvalue weighted by Crippen LogP contribution is -2.25. The molecule has 1 aromatic heterocycles. The molecule has 6 heteroatoms. The Morgan fingerprint density at radius 1 is 1.30 bits per heavy atom. The summed E-state index contributed by atoms with van der Waals surface area (Å²) in [6, 6.07) is 5.95. The summed E-state index contributed by atoms with van der Waals surface area (Å²) in [4.78, 5) is 26.4. The number of halogens is 1. The van der Waals surface area contributed by atoms with E-state index < -0.39 is 5.82 Å². The second-order valence-electron chi connectivity index (χ2n) is 5.41. The topological polar surface area (TPSA) is 71.2 Å². The number of unbranched alkanes of at least 4 members (excludes halogenated alkanes) is 1. The molecule has 0 atom stereocenters. The van der Waals surface area contributed by atoms with Crippen molar-refractivity contribution in [1.29, 1.82) is 0 Å². The molecule has 0 unspecified atom stereocenters. The largest absolute Gasteiger partial charge is 0.385 e. The Hall–Kier alpha value is -2.21. The van der Waals surface area contributed by atoms with Crippen LogP contribution in [0.4, 0.5) is 4.39 Å². The van der Waals surface area contributed by atoms with Gasteiger partial charge in [-0.05, 0) is 48.9 Å². The van der Waals surface area contributed by atoms with Crippen LogP contribution < -0.4 is 10.9 Å². The van der Waals surface area contributed by atoms with E-state index in [0.29, 0.717) is 30.7 Å². The number of hydrogen-bond acceptors (Lipinski definition) is 3. The summed E-state index contributed by atoms with van der Waals surface area (Å²) in [5.74, 6) is -0.477. The molecule has 1 heterocycles. The van der Waals surface area contributed by atoms with Crippen LogP contribution in [0.5, 0.6) is 0 Å². The van der Waals surface area contributed by atoms with E-state index in [-0.39, 0.29) is 17.9 Å². The van der Waals surface area contributed by atoms with E-state index in [2.05, 4.69) is 10.3 Å². The summed E-state index contributed by atoms with van der Waals surface area (Å²) >= 11 is 0. The van der Waals surface area contributed by atoms with Crippen molar-refractivity contribution in [3.63, 3.8) is 0 Å². The minimum absolute atomic E-state index is 0.0824. The van der Waals surface area contributed by atoms with Crippen LogP contribution in [0.2, 0.25) is 0 Å². The number of methoxy groups -OCH3 is 1. The number of carbonyl (C=O) groups excluding carboxylic acids is 1. The molecule has 5 nitrogen and oxygen atoms in total. The van der Waals surface area contributed by atoms with Crippen LogP contribution in [-0.2, 0) is 16.0 Å². The fourth-order valence-corrected chi connectivity index (χ4v) is 2.34. The molecule has 0 aliphatic carbocycles. The second-order valence-corrected chi connectivity index (χ2v) is 5.41. The van der Waals surface area contributed by atoms with Crippen LogP contribution in [0, 0.1) is 5.82 Å². The zero-order chi connectivity index (χ0) is 16.7. The molecule has 2 N–H and O–H groups in total. The molecule has 0 radical (unpaired) electrons. The third kappa shape index (κ3) is 5.17. The van der Waals surface area contributed by atoms with E-state index in [1.54, 1.807) is 19.2 Å². The van der Waals surface area contributed by atoms with Gasteiger partial charge in [0, 0.05) is 32.2 Å². The summed E-state index contributed by atoms with van der Waals surface area (Å²) in [5.41, 5.74) is 0.705. The average Bonchev–Trinajstić information content (AvgIpc) is 2.52. The Bertz CT molecular complexity index is 727. The number of carbonyl (C=O) groups is 1. The minimum atomic E-state index is -0.395. The number of H-pyrrole nitrogens is 1. The number of rotatable bonds is 8. The maximum absolute atomic E-state index is 13.1. The van der Waals surface area contributed by atoms with Crippen LogP contribution in [0.25, 0.3) is 10.9 Å². The molecule has 2 rings (SSSR count). The van der Waals surface area contributed by atoms with Crippen molar-refractivity contribution >= 4 is 16.8 Å². The first-order valence-corrected chi connectivity index (χ1v) is 7.67. The fraction of sp³-hybridized carbons (Fsp3) is 0.412. The summed E-state index contributed by atoms with van der Waals surface area (Å²) < 4.78 is 18.1. The van der Waals surface area contributed by atoms with Gasteiger partial charge >= 0.3 is 0 Å². The van der Waals surface area contributed by atoms with Gasteiger partial charge in [-0.2, -0.15) is 0 Å². The van der Waals surface area contributed by atoms with Gasteiger partial charge in [-0.1, -0.05) is 0 Å². The first-order valence-electron chi connectivity index (χ1n) is 7.67. The van der Waals surface area contributed by atoms with Gasteiger partial charge < -0.3 is 15.0 Å². The number of fused-ring (bicyclic) bond motifs is 1.